The van der Waals surface area contributed by atoms with Gasteiger partial charge in [-0.15, -0.1) is 0 Å². The van der Waals surface area contributed by atoms with Crippen molar-refractivity contribution < 1.29 is 0 Å². The molecule has 2 rings (SSSR count). The van der Waals surface area contributed by atoms with Gasteiger partial charge < -0.3 is 15.2 Å². The van der Waals surface area contributed by atoms with Crippen LogP contribution in [0.2, 0.25) is 0 Å². The van der Waals surface area contributed by atoms with E-state index in [2.05, 4.69) is 21.7 Å². The van der Waals surface area contributed by atoms with Crippen molar-refractivity contribution in [2.75, 3.05) is 25.0 Å². The fraction of sp³-hybridized carbons (Fsp3) is 0.545. The molecule has 1 aliphatic rings. The molecular formula is C11H18N4. The molecule has 0 fully saturated rings. The largest absolute Gasteiger partial charge is 0.355 e. The second-order valence-corrected chi connectivity index (χ2v) is 3.86. The molecule has 0 spiro atoms. The van der Waals surface area contributed by atoms with E-state index in [9.17, 15) is 0 Å². The molecule has 0 saturated heterocycles. The maximum absolute atomic E-state index is 4.22. The normalized spacial score (nSPS) is 16.2. The maximum Gasteiger partial charge on any atom is 0.202 e. The molecular weight excluding hydrogens is 188 g/mol. The standard InChI is InChI=1S/C11H18N4/c1-15-9-8-14-11(15)13-7-4-10-2-5-12-6-3-10/h2,8-9,12H,3-7H2,1H3,(H,13,14). The lowest BCUT2D eigenvalue weighted by Gasteiger charge is -2.14. The number of nitrogens with one attached hydrogen (secondary N) is 2. The molecule has 82 valence electrons. The van der Waals surface area contributed by atoms with Gasteiger partial charge in [0.1, 0.15) is 0 Å². The van der Waals surface area contributed by atoms with Gasteiger partial charge in [0.05, 0.1) is 0 Å². The monoisotopic (exact) mass is 206 g/mol. The Morgan fingerprint density at radius 1 is 1.60 bits per heavy atom. The van der Waals surface area contributed by atoms with Crippen molar-refractivity contribution in [1.82, 2.24) is 14.9 Å². The van der Waals surface area contributed by atoms with Crippen molar-refractivity contribution in [3.05, 3.63) is 24.0 Å². The van der Waals surface area contributed by atoms with Crippen LogP contribution in [0, 0.1) is 0 Å². The molecule has 0 radical (unpaired) electrons. The molecule has 1 aromatic heterocycles. The van der Waals surface area contributed by atoms with E-state index in [0.717, 1.165) is 32.0 Å². The summed E-state index contributed by atoms with van der Waals surface area (Å²) in [5, 5.41) is 6.65. The molecule has 0 amide bonds. The molecule has 4 heteroatoms. The summed E-state index contributed by atoms with van der Waals surface area (Å²) in [6.07, 6.45) is 8.36. The lowest BCUT2D eigenvalue weighted by atomic mass is 10.1. The summed E-state index contributed by atoms with van der Waals surface area (Å²) in [5.74, 6) is 0.949. The van der Waals surface area contributed by atoms with Crippen LogP contribution in [-0.2, 0) is 7.05 Å². The van der Waals surface area contributed by atoms with Crippen molar-refractivity contribution in [3.8, 4) is 0 Å². The fourth-order valence-electron chi connectivity index (χ4n) is 1.77. The first-order valence-corrected chi connectivity index (χ1v) is 5.46. The van der Waals surface area contributed by atoms with Gasteiger partial charge in [-0.3, -0.25) is 0 Å². The van der Waals surface area contributed by atoms with Crippen LogP contribution < -0.4 is 10.6 Å². The smallest absolute Gasteiger partial charge is 0.202 e. The lowest BCUT2D eigenvalue weighted by molar-refractivity contribution is 0.682. The number of imidazole rings is 1. The number of aryl methyl sites for hydroxylation is 1. The molecule has 0 atom stereocenters. The molecule has 0 saturated carbocycles. The summed E-state index contributed by atoms with van der Waals surface area (Å²) >= 11 is 0. The Bertz CT molecular complexity index is 340. The zero-order chi connectivity index (χ0) is 10.5. The number of hydrogen-bond donors (Lipinski definition) is 2. The summed E-state index contributed by atoms with van der Waals surface area (Å²) in [6, 6.07) is 0. The second-order valence-electron chi connectivity index (χ2n) is 3.86. The highest BCUT2D eigenvalue weighted by Gasteiger charge is 2.03. The van der Waals surface area contributed by atoms with Gasteiger partial charge in [-0.2, -0.15) is 0 Å². The van der Waals surface area contributed by atoms with Crippen LogP contribution in [0.25, 0.3) is 0 Å². The molecule has 0 unspecified atom stereocenters. The summed E-state index contributed by atoms with van der Waals surface area (Å²) in [6.45, 7) is 3.11. The van der Waals surface area contributed by atoms with E-state index in [4.69, 9.17) is 0 Å². The first kappa shape index (κ1) is 10.2. The van der Waals surface area contributed by atoms with E-state index in [-0.39, 0.29) is 0 Å². The molecule has 0 bridgehead atoms. The lowest BCUT2D eigenvalue weighted by Crippen LogP contribution is -2.21. The van der Waals surface area contributed by atoms with Gasteiger partial charge in [-0.25, -0.2) is 4.98 Å². The minimum Gasteiger partial charge on any atom is -0.355 e. The SMILES string of the molecule is Cn1ccnc1NCCC1=CCNCC1. The van der Waals surface area contributed by atoms with E-state index < -0.39 is 0 Å². The fourth-order valence-corrected chi connectivity index (χ4v) is 1.77. The van der Waals surface area contributed by atoms with Crippen LogP contribution >= 0.6 is 0 Å². The number of rotatable bonds is 4. The Morgan fingerprint density at radius 2 is 2.53 bits per heavy atom. The van der Waals surface area contributed by atoms with Crippen LogP contribution in [-0.4, -0.2) is 29.2 Å². The Labute approximate surface area is 90.4 Å². The first-order chi connectivity index (χ1) is 7.36. The molecule has 2 heterocycles. The zero-order valence-electron chi connectivity index (χ0n) is 9.16. The topological polar surface area (TPSA) is 41.9 Å². The van der Waals surface area contributed by atoms with Gasteiger partial charge in [-0.1, -0.05) is 11.6 Å². The summed E-state index contributed by atoms with van der Waals surface area (Å²) < 4.78 is 2.00. The van der Waals surface area contributed by atoms with Gasteiger partial charge in [0.25, 0.3) is 0 Å². The molecule has 4 nitrogen and oxygen atoms in total. The zero-order valence-corrected chi connectivity index (χ0v) is 9.16. The highest BCUT2D eigenvalue weighted by atomic mass is 15.2. The molecule has 1 aliphatic heterocycles. The van der Waals surface area contributed by atoms with Gasteiger partial charge in [0.2, 0.25) is 5.95 Å². The van der Waals surface area contributed by atoms with E-state index >= 15 is 0 Å². The van der Waals surface area contributed by atoms with Crippen molar-refractivity contribution in [1.29, 1.82) is 0 Å². The molecule has 15 heavy (non-hydrogen) atoms. The molecule has 2 N–H and O–H groups in total. The average molecular weight is 206 g/mol. The molecule has 0 aliphatic carbocycles. The van der Waals surface area contributed by atoms with Crippen molar-refractivity contribution in [2.45, 2.75) is 12.8 Å². The number of anilines is 1. The van der Waals surface area contributed by atoms with Gasteiger partial charge in [0.15, 0.2) is 0 Å². The summed E-state index contributed by atoms with van der Waals surface area (Å²) in [7, 11) is 2.00. The maximum atomic E-state index is 4.22. The summed E-state index contributed by atoms with van der Waals surface area (Å²) in [4.78, 5) is 4.22. The van der Waals surface area contributed by atoms with Gasteiger partial charge >= 0.3 is 0 Å². The average Bonchev–Trinajstić information content (AvgIpc) is 2.66. The Kier molecular flexibility index (Phi) is 3.40. The Balaban J connectivity index is 1.75. The van der Waals surface area contributed by atoms with Gasteiger partial charge in [0, 0.05) is 32.5 Å². The minimum atomic E-state index is 0.949. The third kappa shape index (κ3) is 2.83. The van der Waals surface area contributed by atoms with E-state index in [1.807, 2.05) is 24.0 Å². The van der Waals surface area contributed by atoms with Crippen molar-refractivity contribution in [2.24, 2.45) is 7.05 Å². The van der Waals surface area contributed by atoms with Crippen LogP contribution in [0.5, 0.6) is 0 Å². The third-order valence-electron chi connectivity index (χ3n) is 2.71. The Hall–Kier alpha value is -1.29. The summed E-state index contributed by atoms with van der Waals surface area (Å²) in [5.41, 5.74) is 1.55. The van der Waals surface area contributed by atoms with E-state index in [1.165, 1.54) is 6.42 Å². The van der Waals surface area contributed by atoms with Crippen LogP contribution in [0.15, 0.2) is 24.0 Å². The van der Waals surface area contributed by atoms with Crippen LogP contribution in [0.4, 0.5) is 5.95 Å². The Morgan fingerprint density at radius 3 is 3.20 bits per heavy atom. The molecule has 1 aromatic rings. The first-order valence-electron chi connectivity index (χ1n) is 5.46. The molecule has 0 aromatic carbocycles. The number of nitrogens with zero attached hydrogens (tertiary/aromatic N) is 2. The highest BCUT2D eigenvalue weighted by molar-refractivity contribution is 5.25. The van der Waals surface area contributed by atoms with Crippen LogP contribution in [0.1, 0.15) is 12.8 Å². The number of hydrogen-bond acceptors (Lipinski definition) is 3. The predicted molar refractivity (Wildman–Crippen MR) is 61.9 cm³/mol. The highest BCUT2D eigenvalue weighted by Crippen LogP contribution is 2.09. The van der Waals surface area contributed by atoms with Crippen molar-refractivity contribution >= 4 is 5.95 Å². The van der Waals surface area contributed by atoms with Gasteiger partial charge in [-0.05, 0) is 19.4 Å². The minimum absolute atomic E-state index is 0.949. The number of aromatic nitrogens is 2. The predicted octanol–water partition coefficient (Wildman–Crippen LogP) is 1.14. The quantitative estimate of drug-likeness (QED) is 0.726. The third-order valence-corrected chi connectivity index (χ3v) is 2.71. The van der Waals surface area contributed by atoms with Crippen LogP contribution in [0.3, 0.4) is 0 Å². The van der Waals surface area contributed by atoms with Crippen molar-refractivity contribution in [3.63, 3.8) is 0 Å². The second kappa shape index (κ2) is 4.98. The van der Waals surface area contributed by atoms with E-state index in [0.29, 0.717) is 0 Å². The van der Waals surface area contributed by atoms with E-state index in [1.54, 1.807) is 5.57 Å².